The van der Waals surface area contributed by atoms with Gasteiger partial charge in [0.25, 0.3) is 0 Å². The molecule has 0 atom stereocenters. The summed E-state index contributed by atoms with van der Waals surface area (Å²) in [5.74, 6) is 0. The first kappa shape index (κ1) is 20.7. The number of hydrogen-bond acceptors (Lipinski definition) is 0. The molecule has 0 aliphatic carbocycles. The molecule has 0 saturated carbocycles. The van der Waals surface area contributed by atoms with Crippen molar-refractivity contribution in [3.8, 4) is 0 Å². The monoisotopic (exact) mass is 424 g/mol. The van der Waals surface area contributed by atoms with Gasteiger partial charge in [-0.25, -0.2) is 0 Å². The van der Waals surface area contributed by atoms with E-state index in [0.717, 1.165) is 6.42 Å². The zero-order valence-corrected chi connectivity index (χ0v) is 19.0. The second-order valence-electron chi connectivity index (χ2n) is 6.98. The smallest absolute Gasteiger partial charge is 0.00861 e. The third-order valence-electron chi connectivity index (χ3n) is 4.90. The Labute approximate surface area is 182 Å². The van der Waals surface area contributed by atoms with Crippen LogP contribution in [0.15, 0.2) is 132 Å². The molecule has 0 N–H and O–H groups in total. The molecule has 4 aromatic carbocycles. The molecule has 0 saturated heterocycles. The van der Waals surface area contributed by atoms with Gasteiger partial charge < -0.3 is 0 Å². The molecule has 4 rings (SSSR count). The van der Waals surface area contributed by atoms with E-state index in [1.54, 1.807) is 5.06 Å². The van der Waals surface area contributed by atoms with Crippen molar-refractivity contribution in [1.29, 1.82) is 0 Å². The molecule has 0 unspecified atom stereocenters. The van der Waals surface area contributed by atoms with Crippen molar-refractivity contribution in [1.82, 2.24) is 0 Å². The zero-order chi connectivity index (χ0) is 20.6. The molecular formula is C28H26P2. The molecule has 148 valence electrons. The molecule has 0 radical (unpaired) electrons. The van der Waals surface area contributed by atoms with E-state index in [0.29, 0.717) is 0 Å². The van der Waals surface area contributed by atoms with Crippen molar-refractivity contribution in [2.45, 2.75) is 13.3 Å². The van der Waals surface area contributed by atoms with Crippen LogP contribution in [0.4, 0.5) is 0 Å². The fourth-order valence-electron chi connectivity index (χ4n) is 3.60. The molecule has 0 aliphatic heterocycles. The topological polar surface area (TPSA) is 0 Å². The van der Waals surface area contributed by atoms with Crippen LogP contribution in [-0.2, 0) is 0 Å². The lowest BCUT2D eigenvalue weighted by molar-refractivity contribution is 1.23. The average molecular weight is 424 g/mol. The minimum atomic E-state index is -0.617. The molecule has 0 aromatic heterocycles. The van der Waals surface area contributed by atoms with Crippen LogP contribution in [-0.4, -0.2) is 0 Å². The highest BCUT2D eigenvalue weighted by Crippen LogP contribution is 2.60. The van der Waals surface area contributed by atoms with Crippen molar-refractivity contribution < 1.29 is 0 Å². The summed E-state index contributed by atoms with van der Waals surface area (Å²) in [5.41, 5.74) is 0. The molecule has 0 heterocycles. The number of hydrogen-bond donors (Lipinski definition) is 0. The predicted molar refractivity (Wildman–Crippen MR) is 137 cm³/mol. The number of benzene rings is 4. The van der Waals surface area contributed by atoms with Crippen molar-refractivity contribution >= 4 is 37.1 Å². The summed E-state index contributed by atoms with van der Waals surface area (Å²) >= 11 is 0. The van der Waals surface area contributed by atoms with E-state index in [2.05, 4.69) is 134 Å². The van der Waals surface area contributed by atoms with E-state index in [1.165, 1.54) is 21.2 Å². The fourth-order valence-corrected chi connectivity index (χ4v) is 10.1. The molecule has 0 aliphatic rings. The van der Waals surface area contributed by atoms with E-state index < -0.39 is 15.8 Å². The predicted octanol–water partition coefficient (Wildman–Crippen LogP) is 6.50. The summed E-state index contributed by atoms with van der Waals surface area (Å²) in [5, 5.41) is 7.23. The highest BCUT2D eigenvalue weighted by molar-refractivity contribution is 7.94. The second kappa shape index (κ2) is 10.5. The van der Waals surface area contributed by atoms with Crippen LogP contribution in [0.3, 0.4) is 0 Å². The molecule has 2 heteroatoms. The first-order valence-electron chi connectivity index (χ1n) is 10.4. The zero-order valence-electron chi connectivity index (χ0n) is 17.2. The third kappa shape index (κ3) is 4.79. The van der Waals surface area contributed by atoms with Crippen LogP contribution in [0.5, 0.6) is 0 Å². The van der Waals surface area contributed by atoms with Gasteiger partial charge in [-0.1, -0.05) is 134 Å². The Balaban J connectivity index is 1.94. The lowest BCUT2D eigenvalue weighted by Gasteiger charge is -2.30. The summed E-state index contributed by atoms with van der Waals surface area (Å²) in [7, 11) is -1.23. The van der Waals surface area contributed by atoms with Crippen molar-refractivity contribution in [3.05, 3.63) is 132 Å². The Morgan fingerprint density at radius 1 is 0.500 bits per heavy atom. The Morgan fingerprint density at radius 3 is 1.00 bits per heavy atom. The first-order chi connectivity index (χ1) is 14.9. The lowest BCUT2D eigenvalue weighted by atomic mass is 10.4. The van der Waals surface area contributed by atoms with E-state index >= 15 is 0 Å². The molecule has 30 heavy (non-hydrogen) atoms. The Morgan fingerprint density at radius 2 is 0.767 bits per heavy atom. The summed E-state index contributed by atoms with van der Waals surface area (Å²) in [6.45, 7) is 2.26. The number of allylic oxidation sites excluding steroid dienone is 1. The molecule has 4 aromatic rings. The van der Waals surface area contributed by atoms with Crippen LogP contribution in [0, 0.1) is 0 Å². The van der Waals surface area contributed by atoms with Gasteiger partial charge >= 0.3 is 0 Å². The summed E-state index contributed by atoms with van der Waals surface area (Å²) in [4.78, 5) is 0. The van der Waals surface area contributed by atoms with Gasteiger partial charge in [0.2, 0.25) is 0 Å². The minimum Gasteiger partial charge on any atom is -0.0753 e. The van der Waals surface area contributed by atoms with Crippen LogP contribution >= 0.6 is 15.8 Å². The average Bonchev–Trinajstić information content (AvgIpc) is 2.82. The summed E-state index contributed by atoms with van der Waals surface area (Å²) in [6, 6.07) is 44.2. The standard InChI is InChI=1S/C28H26P2/c1-2-15-28(29(24-16-7-3-8-17-24)25-18-9-4-10-19-25)30(26-20-11-5-12-21-26)27-22-13-6-14-23-27/h3-23H,2H2,1H3. The third-order valence-corrected chi connectivity index (χ3v) is 10.6. The van der Waals surface area contributed by atoms with Crippen molar-refractivity contribution in [2.75, 3.05) is 0 Å². The van der Waals surface area contributed by atoms with Gasteiger partial charge in [0.1, 0.15) is 0 Å². The minimum absolute atomic E-state index is 0.617. The maximum Gasteiger partial charge on any atom is -0.00861 e. The van der Waals surface area contributed by atoms with E-state index in [4.69, 9.17) is 0 Å². The van der Waals surface area contributed by atoms with E-state index in [9.17, 15) is 0 Å². The summed E-state index contributed by atoms with van der Waals surface area (Å²) < 4.78 is 0. The summed E-state index contributed by atoms with van der Waals surface area (Å²) in [6.07, 6.45) is 3.53. The number of rotatable bonds is 7. The van der Waals surface area contributed by atoms with Crippen LogP contribution in [0.25, 0.3) is 0 Å². The molecule has 0 amide bonds. The van der Waals surface area contributed by atoms with Gasteiger partial charge in [-0.15, -0.1) is 0 Å². The maximum atomic E-state index is 2.50. The van der Waals surface area contributed by atoms with Gasteiger partial charge in [0, 0.05) is 0 Å². The molecular weight excluding hydrogens is 398 g/mol. The van der Waals surface area contributed by atoms with Crippen molar-refractivity contribution in [3.63, 3.8) is 0 Å². The maximum absolute atomic E-state index is 2.50. The van der Waals surface area contributed by atoms with Crippen LogP contribution in [0.2, 0.25) is 0 Å². The Bertz CT molecular complexity index is 895. The van der Waals surface area contributed by atoms with Crippen LogP contribution in [0.1, 0.15) is 13.3 Å². The second-order valence-corrected chi connectivity index (χ2v) is 11.7. The lowest BCUT2D eigenvalue weighted by Crippen LogP contribution is -2.18. The van der Waals surface area contributed by atoms with Gasteiger partial charge in [-0.05, 0) is 48.5 Å². The largest absolute Gasteiger partial charge is 0.0753 e. The molecule has 0 spiro atoms. The SMILES string of the molecule is CCC=C(P(c1ccccc1)c1ccccc1)P(c1ccccc1)c1ccccc1. The normalized spacial score (nSPS) is 10.9. The van der Waals surface area contributed by atoms with E-state index in [-0.39, 0.29) is 0 Å². The van der Waals surface area contributed by atoms with Gasteiger partial charge in [0.05, 0.1) is 0 Å². The molecule has 0 nitrogen and oxygen atoms in total. The van der Waals surface area contributed by atoms with E-state index in [1.807, 2.05) is 0 Å². The van der Waals surface area contributed by atoms with Crippen molar-refractivity contribution in [2.24, 2.45) is 0 Å². The van der Waals surface area contributed by atoms with Crippen LogP contribution < -0.4 is 21.2 Å². The Hall–Kier alpha value is -2.52. The van der Waals surface area contributed by atoms with Gasteiger partial charge in [-0.3, -0.25) is 0 Å². The molecule has 0 bridgehead atoms. The molecule has 0 fully saturated rings. The first-order valence-corrected chi connectivity index (χ1v) is 13.1. The Kier molecular flexibility index (Phi) is 7.25. The fraction of sp³-hybridized carbons (Fsp3) is 0.0714. The van der Waals surface area contributed by atoms with Gasteiger partial charge in [0.15, 0.2) is 0 Å². The quantitative estimate of drug-likeness (QED) is 0.297. The highest BCUT2D eigenvalue weighted by Gasteiger charge is 2.27. The van der Waals surface area contributed by atoms with Gasteiger partial charge in [-0.2, -0.15) is 0 Å². The highest BCUT2D eigenvalue weighted by atomic mass is 31.2.